The van der Waals surface area contributed by atoms with E-state index in [0.29, 0.717) is 5.96 Å². The number of nitrogens with one attached hydrogen (secondary N) is 1. The average Bonchev–Trinajstić information content (AvgIpc) is 2.54. The first-order valence-electron chi connectivity index (χ1n) is 8.22. The third-order valence-corrected chi connectivity index (χ3v) is 4.03. The molecule has 0 bridgehead atoms. The van der Waals surface area contributed by atoms with Crippen LogP contribution in [0.15, 0.2) is 35.3 Å². The second-order valence-corrected chi connectivity index (χ2v) is 5.86. The molecule has 122 valence electrons. The van der Waals surface area contributed by atoms with E-state index >= 15 is 0 Å². The van der Waals surface area contributed by atoms with Gasteiger partial charge in [0.2, 0.25) is 0 Å². The summed E-state index contributed by atoms with van der Waals surface area (Å²) in [5.74, 6) is 0.532. The highest BCUT2D eigenvalue weighted by Crippen LogP contribution is 2.09. The number of nitrogens with two attached hydrogens (primary N) is 1. The minimum Gasteiger partial charge on any atom is -0.393 e. The summed E-state index contributed by atoms with van der Waals surface area (Å²) in [5.41, 5.74) is 7.17. The lowest BCUT2D eigenvalue weighted by Gasteiger charge is -2.29. The fraction of sp³-hybridized carbons (Fsp3) is 0.588. The van der Waals surface area contributed by atoms with Gasteiger partial charge >= 0.3 is 0 Å². The molecule has 22 heavy (non-hydrogen) atoms. The third-order valence-electron chi connectivity index (χ3n) is 4.03. The van der Waals surface area contributed by atoms with E-state index in [2.05, 4.69) is 27.3 Å². The van der Waals surface area contributed by atoms with E-state index in [0.717, 1.165) is 58.4 Å². The molecule has 1 fully saturated rings. The first-order chi connectivity index (χ1) is 10.7. The van der Waals surface area contributed by atoms with Crippen LogP contribution >= 0.6 is 0 Å². The molecule has 1 heterocycles. The van der Waals surface area contributed by atoms with Crippen LogP contribution in [0.5, 0.6) is 0 Å². The minimum atomic E-state index is -0.0984. The van der Waals surface area contributed by atoms with Crippen LogP contribution in [0.3, 0.4) is 0 Å². The van der Waals surface area contributed by atoms with Gasteiger partial charge in [0.25, 0.3) is 0 Å². The Hall–Kier alpha value is -1.59. The van der Waals surface area contributed by atoms with Gasteiger partial charge in [-0.2, -0.15) is 0 Å². The topological polar surface area (TPSA) is 73.9 Å². The number of aliphatic hydroxyl groups excluding tert-OH is 1. The molecule has 0 unspecified atom stereocenters. The van der Waals surface area contributed by atoms with Crippen LogP contribution in [0.2, 0.25) is 0 Å². The molecule has 1 aromatic rings. The molecule has 2 rings (SSSR count). The van der Waals surface area contributed by atoms with Gasteiger partial charge in [0, 0.05) is 26.2 Å². The van der Waals surface area contributed by atoms with E-state index < -0.39 is 0 Å². The molecular formula is C17H28N4O. The number of likely N-dealkylation sites (tertiary alicyclic amines) is 1. The van der Waals surface area contributed by atoms with E-state index in [9.17, 15) is 5.11 Å². The quantitative estimate of drug-likeness (QED) is 0.399. The number of hydrogen-bond acceptors (Lipinski definition) is 3. The largest absolute Gasteiger partial charge is 0.393 e. The van der Waals surface area contributed by atoms with Crippen molar-refractivity contribution in [1.82, 2.24) is 10.2 Å². The zero-order valence-corrected chi connectivity index (χ0v) is 13.2. The van der Waals surface area contributed by atoms with Crippen molar-refractivity contribution >= 4 is 5.96 Å². The monoisotopic (exact) mass is 304 g/mol. The Bertz CT molecular complexity index is 441. The second kappa shape index (κ2) is 9.43. The molecular weight excluding hydrogens is 276 g/mol. The maximum absolute atomic E-state index is 9.46. The Morgan fingerprint density at radius 3 is 2.73 bits per heavy atom. The summed E-state index contributed by atoms with van der Waals surface area (Å²) in [6.07, 6.45) is 3.65. The summed E-state index contributed by atoms with van der Waals surface area (Å²) >= 11 is 0. The van der Waals surface area contributed by atoms with Crippen molar-refractivity contribution in [2.75, 3.05) is 32.7 Å². The molecule has 1 aliphatic rings. The van der Waals surface area contributed by atoms with Gasteiger partial charge in [0.15, 0.2) is 5.96 Å². The van der Waals surface area contributed by atoms with Crippen molar-refractivity contribution in [3.8, 4) is 0 Å². The smallest absolute Gasteiger partial charge is 0.188 e. The number of guanidine groups is 1. The molecule has 0 radical (unpaired) electrons. The molecule has 1 aliphatic heterocycles. The lowest BCUT2D eigenvalue weighted by atomic mass is 10.1. The van der Waals surface area contributed by atoms with Gasteiger partial charge in [-0.1, -0.05) is 30.3 Å². The fourth-order valence-corrected chi connectivity index (χ4v) is 2.67. The Morgan fingerprint density at radius 1 is 1.27 bits per heavy atom. The number of aliphatic hydroxyl groups is 1. The van der Waals surface area contributed by atoms with Crippen molar-refractivity contribution in [2.45, 2.75) is 31.8 Å². The predicted molar refractivity (Wildman–Crippen MR) is 90.9 cm³/mol. The Balaban J connectivity index is 1.54. The molecule has 0 aliphatic carbocycles. The van der Waals surface area contributed by atoms with Crippen molar-refractivity contribution in [1.29, 1.82) is 0 Å². The van der Waals surface area contributed by atoms with Crippen LogP contribution in [0.1, 0.15) is 24.8 Å². The molecule has 5 heteroatoms. The van der Waals surface area contributed by atoms with Crippen LogP contribution in [-0.2, 0) is 6.42 Å². The van der Waals surface area contributed by atoms with E-state index in [-0.39, 0.29) is 6.10 Å². The summed E-state index contributed by atoms with van der Waals surface area (Å²) in [6.45, 7) is 4.59. The van der Waals surface area contributed by atoms with Crippen LogP contribution < -0.4 is 11.1 Å². The van der Waals surface area contributed by atoms with Gasteiger partial charge in [-0.25, -0.2) is 0 Å². The highest BCUT2D eigenvalue weighted by molar-refractivity contribution is 5.77. The van der Waals surface area contributed by atoms with Gasteiger partial charge in [0.1, 0.15) is 0 Å². The van der Waals surface area contributed by atoms with E-state index in [1.54, 1.807) is 0 Å². The molecule has 5 nitrogen and oxygen atoms in total. The van der Waals surface area contributed by atoms with Gasteiger partial charge in [-0.3, -0.25) is 4.99 Å². The molecule has 0 amide bonds. The highest BCUT2D eigenvalue weighted by atomic mass is 16.3. The minimum absolute atomic E-state index is 0.0984. The normalized spacial score (nSPS) is 17.6. The van der Waals surface area contributed by atoms with E-state index in [1.807, 2.05) is 18.2 Å². The Morgan fingerprint density at radius 2 is 2.00 bits per heavy atom. The zero-order chi connectivity index (χ0) is 15.6. The third kappa shape index (κ3) is 6.45. The SMILES string of the molecule is NC(=NCCCN1CCC(O)CC1)NCCc1ccccc1. The van der Waals surface area contributed by atoms with Crippen LogP contribution in [0.25, 0.3) is 0 Å². The number of benzene rings is 1. The summed E-state index contributed by atoms with van der Waals surface area (Å²) in [6, 6.07) is 10.4. The molecule has 1 aromatic carbocycles. The lowest BCUT2D eigenvalue weighted by molar-refractivity contribution is 0.0824. The first kappa shape index (κ1) is 16.8. The summed E-state index contributed by atoms with van der Waals surface area (Å²) in [4.78, 5) is 6.75. The summed E-state index contributed by atoms with van der Waals surface area (Å²) < 4.78 is 0. The number of hydrogen-bond donors (Lipinski definition) is 3. The molecule has 4 N–H and O–H groups in total. The second-order valence-electron chi connectivity index (χ2n) is 5.86. The Kier molecular flexibility index (Phi) is 7.19. The lowest BCUT2D eigenvalue weighted by Crippen LogP contribution is -2.37. The van der Waals surface area contributed by atoms with Crippen LogP contribution in [-0.4, -0.2) is 54.8 Å². The average molecular weight is 304 g/mol. The predicted octanol–water partition coefficient (Wildman–Crippen LogP) is 0.980. The van der Waals surface area contributed by atoms with Crippen molar-refractivity contribution in [3.63, 3.8) is 0 Å². The van der Waals surface area contributed by atoms with Gasteiger partial charge in [-0.05, 0) is 37.8 Å². The molecule has 0 aromatic heterocycles. The van der Waals surface area contributed by atoms with Crippen LogP contribution in [0, 0.1) is 0 Å². The maximum Gasteiger partial charge on any atom is 0.188 e. The number of piperidine rings is 1. The molecule has 1 saturated heterocycles. The standard InChI is InChI=1S/C17H28N4O/c18-17(20-11-7-15-5-2-1-3-6-15)19-10-4-12-21-13-8-16(22)9-14-21/h1-3,5-6,16,22H,4,7-14H2,(H3,18,19,20). The number of aliphatic imine (C=N–C) groups is 1. The Labute approximate surface area is 133 Å². The summed E-state index contributed by atoms with van der Waals surface area (Å²) in [5, 5.41) is 12.6. The number of nitrogens with zero attached hydrogens (tertiary/aromatic N) is 2. The highest BCUT2D eigenvalue weighted by Gasteiger charge is 2.15. The van der Waals surface area contributed by atoms with Crippen molar-refractivity contribution < 1.29 is 5.11 Å². The van der Waals surface area contributed by atoms with Gasteiger partial charge in [-0.15, -0.1) is 0 Å². The molecule has 0 saturated carbocycles. The molecule has 0 spiro atoms. The summed E-state index contributed by atoms with van der Waals surface area (Å²) in [7, 11) is 0. The fourth-order valence-electron chi connectivity index (χ4n) is 2.67. The van der Waals surface area contributed by atoms with E-state index in [1.165, 1.54) is 5.56 Å². The van der Waals surface area contributed by atoms with E-state index in [4.69, 9.17) is 5.73 Å². The first-order valence-corrected chi connectivity index (χ1v) is 8.22. The van der Waals surface area contributed by atoms with Crippen molar-refractivity contribution in [2.24, 2.45) is 10.7 Å². The van der Waals surface area contributed by atoms with Crippen LogP contribution in [0.4, 0.5) is 0 Å². The zero-order valence-electron chi connectivity index (χ0n) is 13.2. The molecule has 0 atom stereocenters. The number of rotatable bonds is 7. The van der Waals surface area contributed by atoms with Crippen molar-refractivity contribution in [3.05, 3.63) is 35.9 Å². The van der Waals surface area contributed by atoms with Gasteiger partial charge in [0.05, 0.1) is 6.10 Å². The van der Waals surface area contributed by atoms with Gasteiger partial charge < -0.3 is 21.1 Å². The maximum atomic E-state index is 9.46.